The summed E-state index contributed by atoms with van der Waals surface area (Å²) in [7, 11) is -3.59. The first-order valence-corrected chi connectivity index (χ1v) is 9.62. The summed E-state index contributed by atoms with van der Waals surface area (Å²) in [4.78, 5) is 0.190. The van der Waals surface area contributed by atoms with Gasteiger partial charge in [-0.1, -0.05) is 30.9 Å². The molecule has 4 nitrogen and oxygen atoms in total. The van der Waals surface area contributed by atoms with Crippen molar-refractivity contribution in [3.63, 3.8) is 0 Å². The van der Waals surface area contributed by atoms with Crippen LogP contribution in [0.15, 0.2) is 29.2 Å². The molecule has 6 heteroatoms. The minimum absolute atomic E-state index is 0.0359. The summed E-state index contributed by atoms with van der Waals surface area (Å²) >= 11 is 1.61. The van der Waals surface area contributed by atoms with Crippen LogP contribution in [0, 0.1) is 11.8 Å². The molecule has 0 spiro atoms. The van der Waals surface area contributed by atoms with E-state index in [-0.39, 0.29) is 17.5 Å². The van der Waals surface area contributed by atoms with Crippen LogP contribution >= 0.6 is 11.8 Å². The lowest BCUT2D eigenvalue weighted by atomic mass is 10.2. The highest BCUT2D eigenvalue weighted by atomic mass is 32.2. The van der Waals surface area contributed by atoms with E-state index in [2.05, 4.69) is 16.6 Å². The Hall–Kier alpha value is -1.00. The molecular weight excluding hydrogens is 306 g/mol. The van der Waals surface area contributed by atoms with Gasteiger partial charge in [0, 0.05) is 23.8 Å². The number of benzene rings is 1. The predicted molar refractivity (Wildman–Crippen MR) is 87.8 cm³/mol. The first-order valence-electron chi connectivity index (χ1n) is 6.75. The van der Waals surface area contributed by atoms with Crippen molar-refractivity contribution in [3.8, 4) is 11.8 Å². The Morgan fingerprint density at radius 1 is 1.38 bits per heavy atom. The molecule has 116 valence electrons. The topological polar surface area (TPSA) is 66.4 Å². The maximum atomic E-state index is 12.5. The monoisotopic (exact) mass is 327 g/mol. The Bertz CT molecular complexity index is 603. The summed E-state index contributed by atoms with van der Waals surface area (Å²) < 4.78 is 27.7. The normalized spacial score (nSPS) is 12.5. The van der Waals surface area contributed by atoms with Gasteiger partial charge in [-0.3, -0.25) is 0 Å². The minimum atomic E-state index is -3.59. The van der Waals surface area contributed by atoms with Gasteiger partial charge in [0.1, 0.15) is 0 Å². The van der Waals surface area contributed by atoms with Crippen LogP contribution in [-0.4, -0.2) is 38.2 Å². The van der Waals surface area contributed by atoms with Crippen LogP contribution in [0.25, 0.3) is 0 Å². The van der Waals surface area contributed by atoms with E-state index >= 15 is 0 Å². The summed E-state index contributed by atoms with van der Waals surface area (Å²) in [5.74, 6) is 6.30. The van der Waals surface area contributed by atoms with Crippen LogP contribution in [0.4, 0.5) is 0 Å². The van der Waals surface area contributed by atoms with E-state index in [0.29, 0.717) is 12.0 Å². The molecule has 1 aromatic rings. The molecule has 0 saturated carbocycles. The third kappa shape index (κ3) is 5.71. The molecule has 0 aliphatic heterocycles. The van der Waals surface area contributed by atoms with Crippen molar-refractivity contribution in [1.29, 1.82) is 0 Å². The van der Waals surface area contributed by atoms with Gasteiger partial charge in [-0.05, 0) is 24.8 Å². The molecule has 1 atom stereocenters. The lowest BCUT2D eigenvalue weighted by molar-refractivity contribution is 0.305. The van der Waals surface area contributed by atoms with Gasteiger partial charge in [-0.15, -0.1) is 0 Å². The predicted octanol–water partition coefficient (Wildman–Crippen LogP) is 1.84. The van der Waals surface area contributed by atoms with Crippen molar-refractivity contribution in [3.05, 3.63) is 29.8 Å². The molecular formula is C15H21NO3S2. The Morgan fingerprint density at radius 2 is 2.10 bits per heavy atom. The minimum Gasteiger partial charge on any atom is -0.395 e. The van der Waals surface area contributed by atoms with Gasteiger partial charge in [0.05, 0.1) is 11.5 Å². The second-order valence-electron chi connectivity index (χ2n) is 4.45. The Labute approximate surface area is 131 Å². The Morgan fingerprint density at radius 3 is 2.71 bits per heavy atom. The van der Waals surface area contributed by atoms with Crippen LogP contribution < -0.4 is 4.72 Å². The average Bonchev–Trinajstić information content (AvgIpc) is 2.47. The van der Waals surface area contributed by atoms with Gasteiger partial charge in [0.2, 0.25) is 10.0 Å². The fraction of sp³-hybridized carbons (Fsp3) is 0.467. The van der Waals surface area contributed by atoms with Gasteiger partial charge < -0.3 is 5.11 Å². The van der Waals surface area contributed by atoms with Crippen molar-refractivity contribution in [2.24, 2.45) is 0 Å². The molecule has 0 aliphatic rings. The fourth-order valence-electron chi connectivity index (χ4n) is 1.74. The Balaban J connectivity index is 3.06. The quantitative estimate of drug-likeness (QED) is 0.750. The summed E-state index contributed by atoms with van der Waals surface area (Å²) in [6.45, 7) is 1.92. The zero-order valence-electron chi connectivity index (χ0n) is 12.3. The molecule has 0 heterocycles. The van der Waals surface area contributed by atoms with E-state index < -0.39 is 10.0 Å². The van der Waals surface area contributed by atoms with Crippen LogP contribution in [-0.2, 0) is 10.0 Å². The van der Waals surface area contributed by atoms with Crippen LogP contribution in [0.5, 0.6) is 0 Å². The number of hydrogen-bond donors (Lipinski definition) is 2. The summed E-state index contributed by atoms with van der Waals surface area (Å²) in [6.07, 6.45) is 3.01. The lowest BCUT2D eigenvalue weighted by Gasteiger charge is -2.16. The van der Waals surface area contributed by atoms with Crippen molar-refractivity contribution in [1.82, 2.24) is 4.72 Å². The summed E-state index contributed by atoms with van der Waals surface area (Å²) in [5, 5.41) is 8.75. The van der Waals surface area contributed by atoms with Gasteiger partial charge in [0.25, 0.3) is 0 Å². The maximum Gasteiger partial charge on any atom is 0.242 e. The zero-order valence-corrected chi connectivity index (χ0v) is 13.9. The first-order chi connectivity index (χ1) is 10.0. The van der Waals surface area contributed by atoms with Crippen LogP contribution in [0.3, 0.4) is 0 Å². The van der Waals surface area contributed by atoms with Crippen molar-refractivity contribution >= 4 is 21.8 Å². The van der Waals surface area contributed by atoms with E-state index in [1.54, 1.807) is 36.0 Å². The second kappa shape index (κ2) is 9.11. The highest BCUT2D eigenvalue weighted by Crippen LogP contribution is 2.16. The largest absolute Gasteiger partial charge is 0.395 e. The van der Waals surface area contributed by atoms with E-state index in [1.807, 2.05) is 13.2 Å². The zero-order chi connectivity index (χ0) is 15.7. The molecule has 0 aromatic heterocycles. The highest BCUT2D eigenvalue weighted by Gasteiger charge is 2.21. The lowest BCUT2D eigenvalue weighted by Crippen LogP contribution is -2.36. The Kier molecular flexibility index (Phi) is 7.83. The van der Waals surface area contributed by atoms with Crippen molar-refractivity contribution < 1.29 is 13.5 Å². The third-order valence-electron chi connectivity index (χ3n) is 2.82. The molecule has 21 heavy (non-hydrogen) atoms. The summed E-state index contributed by atoms with van der Waals surface area (Å²) in [5.41, 5.74) is 0.456. The number of rotatable bonds is 7. The molecule has 0 radical (unpaired) electrons. The van der Waals surface area contributed by atoms with Gasteiger partial charge in [-0.25, -0.2) is 13.1 Å². The first kappa shape index (κ1) is 18.1. The SMILES string of the molecule is CCC(CSC)NS(=O)(=O)c1ccccc1C#CCCO. The van der Waals surface area contributed by atoms with Crippen LogP contribution in [0.1, 0.15) is 25.3 Å². The molecule has 1 aromatic carbocycles. The summed E-state index contributed by atoms with van der Waals surface area (Å²) in [6, 6.07) is 6.57. The van der Waals surface area contributed by atoms with Gasteiger partial charge >= 0.3 is 0 Å². The van der Waals surface area contributed by atoms with E-state index in [0.717, 1.165) is 12.2 Å². The standard InChI is InChI=1S/C15H21NO3S2/c1-3-14(12-20-2)16-21(18,19)15-10-5-4-8-13(15)9-6-7-11-17/h4-5,8,10,14,16-17H,3,7,11-12H2,1-2H3. The van der Waals surface area contributed by atoms with E-state index in [1.165, 1.54) is 0 Å². The number of hydrogen-bond acceptors (Lipinski definition) is 4. The number of thioether (sulfide) groups is 1. The van der Waals surface area contributed by atoms with Crippen molar-refractivity contribution in [2.75, 3.05) is 18.6 Å². The highest BCUT2D eigenvalue weighted by molar-refractivity contribution is 7.98. The van der Waals surface area contributed by atoms with Crippen molar-refractivity contribution in [2.45, 2.75) is 30.7 Å². The number of aliphatic hydroxyl groups excluding tert-OH is 1. The number of nitrogens with one attached hydrogen (secondary N) is 1. The van der Waals surface area contributed by atoms with Gasteiger partial charge in [-0.2, -0.15) is 11.8 Å². The van der Waals surface area contributed by atoms with E-state index in [4.69, 9.17) is 5.11 Å². The average molecular weight is 327 g/mol. The van der Waals surface area contributed by atoms with E-state index in [9.17, 15) is 8.42 Å². The molecule has 0 aliphatic carbocycles. The third-order valence-corrected chi connectivity index (χ3v) is 5.13. The van der Waals surface area contributed by atoms with Gasteiger partial charge in [0.15, 0.2) is 0 Å². The number of sulfonamides is 1. The molecule has 1 unspecified atom stereocenters. The molecule has 0 saturated heterocycles. The smallest absolute Gasteiger partial charge is 0.242 e. The molecule has 1 rings (SSSR count). The molecule has 0 bridgehead atoms. The molecule has 0 fully saturated rings. The molecule has 0 amide bonds. The maximum absolute atomic E-state index is 12.5. The fourth-order valence-corrected chi connectivity index (χ4v) is 4.05. The second-order valence-corrected chi connectivity index (χ2v) is 7.05. The molecule has 2 N–H and O–H groups in total. The van der Waals surface area contributed by atoms with Crippen LogP contribution in [0.2, 0.25) is 0 Å². The number of aliphatic hydroxyl groups is 1.